The first-order valence-corrected chi connectivity index (χ1v) is 9.27. The molecule has 0 aromatic heterocycles. The number of alkyl halides is 3. The lowest BCUT2D eigenvalue weighted by molar-refractivity contribution is -0.178. The maximum Gasteiger partial charge on any atom is 0.402 e. The first-order chi connectivity index (χ1) is 12.8. The molecule has 27 heavy (non-hydrogen) atoms. The van der Waals surface area contributed by atoms with E-state index in [4.69, 9.17) is 23.2 Å². The van der Waals surface area contributed by atoms with E-state index in [1.807, 2.05) is 0 Å². The van der Waals surface area contributed by atoms with Gasteiger partial charge in [-0.3, -0.25) is 0 Å². The lowest BCUT2D eigenvalue weighted by Gasteiger charge is -2.34. The molecule has 0 fully saturated rings. The highest BCUT2D eigenvalue weighted by molar-refractivity contribution is 6.42. The SMILES string of the molecule is FC(F)(F)[C@@]1(c2ccccc2)C[C@@H](c2ccc(Cl)c(Cl)c2)c2ccccc21. The fourth-order valence-electron chi connectivity index (χ4n) is 4.17. The van der Waals surface area contributed by atoms with E-state index >= 15 is 0 Å². The Balaban J connectivity index is 1.96. The number of hydrogen-bond acceptors (Lipinski definition) is 0. The first kappa shape index (κ1) is 18.4. The van der Waals surface area contributed by atoms with Crippen LogP contribution in [0.1, 0.15) is 34.6 Å². The van der Waals surface area contributed by atoms with Crippen molar-refractivity contribution < 1.29 is 13.2 Å². The van der Waals surface area contributed by atoms with Crippen molar-refractivity contribution in [2.24, 2.45) is 0 Å². The molecule has 4 rings (SSSR count). The van der Waals surface area contributed by atoms with Crippen molar-refractivity contribution in [1.82, 2.24) is 0 Å². The maximum atomic E-state index is 14.6. The zero-order valence-electron chi connectivity index (χ0n) is 14.1. The summed E-state index contributed by atoms with van der Waals surface area (Å²) in [6.45, 7) is 0. The Morgan fingerprint density at radius 3 is 2.15 bits per heavy atom. The van der Waals surface area contributed by atoms with Gasteiger partial charge >= 0.3 is 6.18 Å². The molecule has 5 heteroatoms. The van der Waals surface area contributed by atoms with Crippen molar-refractivity contribution in [3.8, 4) is 0 Å². The Hall–Kier alpha value is -1.97. The quantitative estimate of drug-likeness (QED) is 0.416. The summed E-state index contributed by atoms with van der Waals surface area (Å²) in [5.74, 6) is -0.419. The molecule has 1 aliphatic rings. The van der Waals surface area contributed by atoms with Crippen LogP contribution in [-0.2, 0) is 5.41 Å². The fraction of sp³-hybridized carbons (Fsp3) is 0.182. The van der Waals surface area contributed by atoms with Gasteiger partial charge in [-0.15, -0.1) is 0 Å². The molecule has 138 valence electrons. The van der Waals surface area contributed by atoms with E-state index in [9.17, 15) is 13.2 Å². The number of halogens is 5. The molecule has 3 aromatic carbocycles. The second-order valence-electron chi connectivity index (χ2n) is 6.79. The summed E-state index contributed by atoms with van der Waals surface area (Å²) >= 11 is 12.1. The van der Waals surface area contributed by atoms with Crippen LogP contribution in [0.15, 0.2) is 72.8 Å². The van der Waals surface area contributed by atoms with Crippen LogP contribution in [0.5, 0.6) is 0 Å². The van der Waals surface area contributed by atoms with Gasteiger partial charge in [0.25, 0.3) is 0 Å². The zero-order valence-corrected chi connectivity index (χ0v) is 15.6. The summed E-state index contributed by atoms with van der Waals surface area (Å²) in [6.07, 6.45) is -4.53. The summed E-state index contributed by atoms with van der Waals surface area (Å²) in [5.41, 5.74) is -0.0787. The van der Waals surface area contributed by atoms with Crippen LogP contribution in [0.3, 0.4) is 0 Å². The van der Waals surface area contributed by atoms with E-state index < -0.39 is 17.5 Å². The molecule has 0 spiro atoms. The third-order valence-corrected chi connectivity index (χ3v) is 6.14. The highest BCUT2D eigenvalue weighted by atomic mass is 35.5. The van der Waals surface area contributed by atoms with Crippen LogP contribution in [0, 0.1) is 0 Å². The lowest BCUT2D eigenvalue weighted by Crippen LogP contribution is -2.41. The van der Waals surface area contributed by atoms with E-state index in [-0.39, 0.29) is 12.0 Å². The molecule has 0 N–H and O–H groups in total. The van der Waals surface area contributed by atoms with Crippen LogP contribution in [0.2, 0.25) is 10.0 Å². The molecule has 0 saturated heterocycles. The molecular formula is C22H15Cl2F3. The number of hydrogen-bond donors (Lipinski definition) is 0. The summed E-state index contributed by atoms with van der Waals surface area (Å²) in [7, 11) is 0. The van der Waals surface area contributed by atoms with Gasteiger partial charge in [-0.2, -0.15) is 13.2 Å². The standard InChI is InChI=1S/C22H15Cl2F3/c23-19-11-10-14(12-20(19)24)17-13-21(22(25,26)27,15-6-2-1-3-7-15)18-9-5-4-8-16(17)18/h1-12,17H,13H2/t17-,21+/m0/s1. The van der Waals surface area contributed by atoms with Gasteiger partial charge < -0.3 is 0 Å². The van der Waals surface area contributed by atoms with E-state index in [0.717, 1.165) is 5.56 Å². The third-order valence-electron chi connectivity index (χ3n) is 5.40. The average molecular weight is 407 g/mol. The van der Waals surface area contributed by atoms with Crippen molar-refractivity contribution >= 4 is 23.2 Å². The zero-order chi connectivity index (χ0) is 19.2. The summed E-state index contributed by atoms with van der Waals surface area (Å²) in [6, 6.07) is 20.0. The second-order valence-corrected chi connectivity index (χ2v) is 7.60. The van der Waals surface area contributed by atoms with Gasteiger partial charge in [0.2, 0.25) is 0 Å². The minimum atomic E-state index is -4.44. The smallest absolute Gasteiger partial charge is 0.170 e. The predicted octanol–water partition coefficient (Wildman–Crippen LogP) is 7.38. The number of benzene rings is 3. The van der Waals surface area contributed by atoms with Crippen LogP contribution in [0.4, 0.5) is 13.2 Å². The van der Waals surface area contributed by atoms with E-state index in [1.54, 1.807) is 72.8 Å². The van der Waals surface area contributed by atoms with Gasteiger partial charge in [0, 0.05) is 5.92 Å². The minimum Gasteiger partial charge on any atom is -0.170 e. The molecule has 0 heterocycles. The van der Waals surface area contributed by atoms with Crippen LogP contribution >= 0.6 is 23.2 Å². The van der Waals surface area contributed by atoms with Crippen molar-refractivity contribution in [1.29, 1.82) is 0 Å². The molecule has 0 unspecified atom stereocenters. The molecule has 0 amide bonds. The topological polar surface area (TPSA) is 0 Å². The summed E-state index contributed by atoms with van der Waals surface area (Å²) in [5, 5.41) is 0.729. The highest BCUT2D eigenvalue weighted by Crippen LogP contribution is 2.59. The first-order valence-electron chi connectivity index (χ1n) is 8.51. The van der Waals surface area contributed by atoms with Crippen LogP contribution < -0.4 is 0 Å². The van der Waals surface area contributed by atoms with Gasteiger partial charge in [-0.05, 0) is 40.8 Å². The average Bonchev–Trinajstić information content (AvgIpc) is 3.01. The van der Waals surface area contributed by atoms with Crippen molar-refractivity contribution in [3.63, 3.8) is 0 Å². The normalized spacial score (nSPS) is 21.9. The van der Waals surface area contributed by atoms with Gasteiger partial charge in [-0.25, -0.2) is 0 Å². The predicted molar refractivity (Wildman–Crippen MR) is 103 cm³/mol. The van der Waals surface area contributed by atoms with Crippen LogP contribution in [-0.4, -0.2) is 6.18 Å². The minimum absolute atomic E-state index is 0.0994. The number of rotatable bonds is 2. The molecule has 0 nitrogen and oxygen atoms in total. The Bertz CT molecular complexity index is 982. The molecule has 2 atom stereocenters. The Morgan fingerprint density at radius 1 is 0.815 bits per heavy atom. The van der Waals surface area contributed by atoms with Crippen molar-refractivity contribution in [2.45, 2.75) is 23.9 Å². The molecule has 3 aromatic rings. The van der Waals surface area contributed by atoms with Gasteiger partial charge in [0.05, 0.1) is 10.0 Å². The maximum absolute atomic E-state index is 14.6. The molecule has 0 aliphatic heterocycles. The largest absolute Gasteiger partial charge is 0.402 e. The van der Waals surface area contributed by atoms with E-state index in [0.29, 0.717) is 21.2 Å². The van der Waals surface area contributed by atoms with E-state index in [1.165, 1.54) is 0 Å². The highest BCUT2D eigenvalue weighted by Gasteiger charge is 2.61. The summed E-state index contributed by atoms with van der Waals surface area (Å²) in [4.78, 5) is 0. The second kappa shape index (κ2) is 6.57. The van der Waals surface area contributed by atoms with Crippen LogP contribution in [0.25, 0.3) is 0 Å². The van der Waals surface area contributed by atoms with Crippen molar-refractivity contribution in [3.05, 3.63) is 105 Å². The Labute approximate surface area is 165 Å². The molecule has 0 bridgehead atoms. The Kier molecular flexibility index (Phi) is 4.48. The fourth-order valence-corrected chi connectivity index (χ4v) is 4.48. The van der Waals surface area contributed by atoms with Gasteiger partial charge in [-0.1, -0.05) is 83.9 Å². The van der Waals surface area contributed by atoms with Crippen molar-refractivity contribution in [2.75, 3.05) is 0 Å². The summed E-state index contributed by atoms with van der Waals surface area (Å²) < 4.78 is 43.7. The molecule has 0 saturated carbocycles. The monoisotopic (exact) mass is 406 g/mol. The molecule has 1 aliphatic carbocycles. The Morgan fingerprint density at radius 2 is 1.48 bits per heavy atom. The molecule has 0 radical (unpaired) electrons. The van der Waals surface area contributed by atoms with E-state index in [2.05, 4.69) is 0 Å². The van der Waals surface area contributed by atoms with Gasteiger partial charge in [0.1, 0.15) is 5.41 Å². The lowest BCUT2D eigenvalue weighted by atomic mass is 9.74. The van der Waals surface area contributed by atoms with Gasteiger partial charge in [0.15, 0.2) is 0 Å². The molecular weight excluding hydrogens is 392 g/mol. The number of fused-ring (bicyclic) bond motifs is 1. The third kappa shape index (κ3) is 2.84.